The van der Waals surface area contributed by atoms with Crippen LogP contribution in [0.25, 0.3) is 0 Å². The fourth-order valence-corrected chi connectivity index (χ4v) is 4.09. The highest BCUT2D eigenvalue weighted by Crippen LogP contribution is 2.33. The maximum atomic E-state index is 13.0. The molecule has 0 amide bonds. The van der Waals surface area contributed by atoms with Crippen LogP contribution >= 0.6 is 0 Å². The van der Waals surface area contributed by atoms with Crippen molar-refractivity contribution in [3.8, 4) is 0 Å². The normalized spacial score (nSPS) is 11.1. The molecule has 10 heteroatoms. The van der Waals surface area contributed by atoms with Gasteiger partial charge in [0.05, 0.1) is 15.5 Å². The fraction of sp³-hybridized carbons (Fsp3) is 0.200. The number of sulfonamides is 1. The number of hydrogen-bond donors (Lipinski definition) is 0. The lowest BCUT2D eigenvalue weighted by Crippen LogP contribution is -2.31. The maximum Gasteiger partial charge on any atom is 0.289 e. The van der Waals surface area contributed by atoms with Crippen LogP contribution in [0.3, 0.4) is 0 Å². The molecular formula is C15H15N3O6S. The number of benzene rings is 2. The van der Waals surface area contributed by atoms with E-state index in [9.17, 15) is 28.6 Å². The molecule has 2 aromatic carbocycles. The summed E-state index contributed by atoms with van der Waals surface area (Å²) in [7, 11) is -4.28. The number of non-ortho nitro benzene ring substituents is 1. The second-order valence-electron chi connectivity index (χ2n) is 5.12. The van der Waals surface area contributed by atoms with E-state index < -0.39 is 30.5 Å². The van der Waals surface area contributed by atoms with Crippen LogP contribution in [0.15, 0.2) is 47.4 Å². The highest BCUT2D eigenvalue weighted by Gasteiger charge is 2.32. The molecule has 0 unspecified atom stereocenters. The molecule has 0 aliphatic rings. The first-order chi connectivity index (χ1) is 11.7. The molecule has 132 valence electrons. The summed E-state index contributed by atoms with van der Waals surface area (Å²) in [5, 5.41) is 22.1. The Kier molecular flexibility index (Phi) is 5.02. The number of nitro groups is 2. The zero-order valence-corrected chi connectivity index (χ0v) is 14.3. The van der Waals surface area contributed by atoms with Crippen LogP contribution in [0, 0.1) is 27.2 Å². The zero-order chi connectivity index (χ0) is 18.8. The fourth-order valence-electron chi connectivity index (χ4n) is 2.39. The van der Waals surface area contributed by atoms with E-state index in [0.29, 0.717) is 5.56 Å². The van der Waals surface area contributed by atoms with Gasteiger partial charge in [-0.15, -0.1) is 0 Å². The summed E-state index contributed by atoms with van der Waals surface area (Å²) in [6, 6.07) is 8.84. The van der Waals surface area contributed by atoms with Crippen LogP contribution in [0.1, 0.15) is 12.5 Å². The molecule has 0 spiro atoms. The van der Waals surface area contributed by atoms with Crippen molar-refractivity contribution in [3.05, 3.63) is 68.3 Å². The SMILES string of the molecule is CCN(c1cc([N+](=O)[O-])ccc1C)S(=O)(=O)c1ccccc1[N+](=O)[O-]. The average Bonchev–Trinajstić information content (AvgIpc) is 2.56. The summed E-state index contributed by atoms with van der Waals surface area (Å²) < 4.78 is 26.9. The van der Waals surface area contributed by atoms with Crippen molar-refractivity contribution >= 4 is 27.1 Å². The van der Waals surface area contributed by atoms with Gasteiger partial charge in [0.2, 0.25) is 0 Å². The number of rotatable bonds is 6. The van der Waals surface area contributed by atoms with E-state index in [0.717, 1.165) is 22.5 Å². The quantitative estimate of drug-likeness (QED) is 0.572. The Morgan fingerprint density at radius 1 is 1.04 bits per heavy atom. The molecule has 2 rings (SSSR count). The van der Waals surface area contributed by atoms with Gasteiger partial charge in [0.15, 0.2) is 4.90 Å². The summed E-state index contributed by atoms with van der Waals surface area (Å²) in [5.74, 6) is 0. The average molecular weight is 365 g/mol. The molecule has 0 heterocycles. The Hall–Kier alpha value is -3.01. The molecule has 0 N–H and O–H groups in total. The van der Waals surface area contributed by atoms with Gasteiger partial charge in [-0.3, -0.25) is 24.5 Å². The van der Waals surface area contributed by atoms with Gasteiger partial charge in [0.25, 0.3) is 21.4 Å². The van der Waals surface area contributed by atoms with E-state index in [1.54, 1.807) is 13.8 Å². The van der Waals surface area contributed by atoms with Crippen molar-refractivity contribution in [1.82, 2.24) is 0 Å². The number of anilines is 1. The van der Waals surface area contributed by atoms with Gasteiger partial charge in [-0.2, -0.15) is 0 Å². The summed E-state index contributed by atoms with van der Waals surface area (Å²) in [4.78, 5) is 20.3. The smallest absolute Gasteiger partial charge is 0.266 e. The first-order valence-corrected chi connectivity index (χ1v) is 8.65. The predicted molar refractivity (Wildman–Crippen MR) is 91.1 cm³/mol. The molecule has 0 atom stereocenters. The zero-order valence-electron chi connectivity index (χ0n) is 13.4. The molecule has 2 aromatic rings. The first-order valence-electron chi connectivity index (χ1n) is 7.21. The van der Waals surface area contributed by atoms with Crippen molar-refractivity contribution in [2.45, 2.75) is 18.7 Å². The summed E-state index contributed by atoms with van der Waals surface area (Å²) in [5.41, 5.74) is -0.217. The van der Waals surface area contributed by atoms with Crippen molar-refractivity contribution in [1.29, 1.82) is 0 Å². The highest BCUT2D eigenvalue weighted by molar-refractivity contribution is 7.93. The van der Waals surface area contributed by atoms with Gasteiger partial charge in [-0.25, -0.2) is 8.42 Å². The third-order valence-electron chi connectivity index (χ3n) is 3.59. The molecule has 9 nitrogen and oxygen atoms in total. The predicted octanol–water partition coefficient (Wildman–Crippen LogP) is 3.03. The standard InChI is InChI=1S/C15H15N3O6S/c1-3-16(14-10-12(17(19)20)9-8-11(14)2)25(23,24)15-7-5-4-6-13(15)18(21)22/h4-10H,3H2,1-2H3. The molecule has 0 aliphatic heterocycles. The highest BCUT2D eigenvalue weighted by atomic mass is 32.2. The molecule has 0 aliphatic carbocycles. The van der Waals surface area contributed by atoms with Gasteiger partial charge in [0.1, 0.15) is 0 Å². The molecule has 0 fully saturated rings. The molecule has 0 radical (unpaired) electrons. The largest absolute Gasteiger partial charge is 0.289 e. The third kappa shape index (κ3) is 3.43. The van der Waals surface area contributed by atoms with E-state index in [1.165, 1.54) is 24.3 Å². The summed E-state index contributed by atoms with van der Waals surface area (Å²) in [6.07, 6.45) is 0. The van der Waals surface area contributed by atoms with Crippen LogP contribution in [0.4, 0.5) is 17.1 Å². The van der Waals surface area contributed by atoms with Crippen LogP contribution in [0.2, 0.25) is 0 Å². The minimum Gasteiger partial charge on any atom is -0.266 e. The molecule has 25 heavy (non-hydrogen) atoms. The number of nitrogens with zero attached hydrogens (tertiary/aromatic N) is 3. The van der Waals surface area contributed by atoms with E-state index in [1.807, 2.05) is 0 Å². The van der Waals surface area contributed by atoms with Crippen LogP contribution in [0.5, 0.6) is 0 Å². The minimum atomic E-state index is -4.28. The Morgan fingerprint density at radius 3 is 2.24 bits per heavy atom. The number of nitro benzene ring substituents is 2. The van der Waals surface area contributed by atoms with Gasteiger partial charge in [-0.05, 0) is 25.5 Å². The Morgan fingerprint density at radius 2 is 1.68 bits per heavy atom. The lowest BCUT2D eigenvalue weighted by molar-refractivity contribution is -0.387. The topological polar surface area (TPSA) is 124 Å². The molecule has 0 aromatic heterocycles. The lowest BCUT2D eigenvalue weighted by atomic mass is 10.2. The number of para-hydroxylation sites is 1. The molecule has 0 bridgehead atoms. The van der Waals surface area contributed by atoms with E-state index in [4.69, 9.17) is 0 Å². The lowest BCUT2D eigenvalue weighted by Gasteiger charge is -2.24. The summed E-state index contributed by atoms with van der Waals surface area (Å²) >= 11 is 0. The van der Waals surface area contributed by atoms with E-state index in [2.05, 4.69) is 0 Å². The van der Waals surface area contributed by atoms with Gasteiger partial charge in [0, 0.05) is 24.7 Å². The van der Waals surface area contributed by atoms with Crippen LogP contribution < -0.4 is 4.31 Å². The third-order valence-corrected chi connectivity index (χ3v) is 5.53. The minimum absolute atomic E-state index is 0.0452. The van der Waals surface area contributed by atoms with Crippen molar-refractivity contribution in [3.63, 3.8) is 0 Å². The van der Waals surface area contributed by atoms with Gasteiger partial charge >= 0.3 is 0 Å². The van der Waals surface area contributed by atoms with Crippen LogP contribution in [-0.2, 0) is 10.0 Å². The van der Waals surface area contributed by atoms with Crippen molar-refractivity contribution < 1.29 is 18.3 Å². The Labute approximate surface area is 143 Å². The molecule has 0 saturated heterocycles. The Bertz CT molecular complexity index is 942. The monoisotopic (exact) mass is 365 g/mol. The first kappa shape index (κ1) is 18.3. The number of hydrogen-bond acceptors (Lipinski definition) is 6. The van der Waals surface area contributed by atoms with Crippen molar-refractivity contribution in [2.24, 2.45) is 0 Å². The van der Waals surface area contributed by atoms with Gasteiger partial charge < -0.3 is 0 Å². The van der Waals surface area contributed by atoms with Gasteiger partial charge in [-0.1, -0.05) is 18.2 Å². The van der Waals surface area contributed by atoms with Crippen molar-refractivity contribution in [2.75, 3.05) is 10.8 Å². The molecule has 0 saturated carbocycles. The summed E-state index contributed by atoms with van der Waals surface area (Å²) in [6.45, 7) is 3.11. The second kappa shape index (κ2) is 6.85. The maximum absolute atomic E-state index is 13.0. The van der Waals surface area contributed by atoms with Crippen LogP contribution in [-0.4, -0.2) is 24.8 Å². The van der Waals surface area contributed by atoms with E-state index >= 15 is 0 Å². The Balaban J connectivity index is 2.68. The molecular weight excluding hydrogens is 350 g/mol. The second-order valence-corrected chi connectivity index (χ2v) is 6.95. The van der Waals surface area contributed by atoms with E-state index in [-0.39, 0.29) is 17.9 Å². The number of aryl methyl sites for hydroxylation is 1.